The average Bonchev–Trinajstić information content (AvgIpc) is 2.79. The lowest BCUT2D eigenvalue weighted by molar-refractivity contribution is 0.221. The van der Waals surface area contributed by atoms with Crippen molar-refractivity contribution < 1.29 is 4.74 Å². The van der Waals surface area contributed by atoms with Crippen LogP contribution < -0.4 is 4.74 Å². The van der Waals surface area contributed by atoms with Crippen LogP contribution in [0.3, 0.4) is 0 Å². The zero-order valence-electron chi connectivity index (χ0n) is 18.4. The van der Waals surface area contributed by atoms with Gasteiger partial charge in [-0.15, -0.1) is 0 Å². The maximum Gasteiger partial charge on any atom is 0.159 e. The molecule has 3 rings (SSSR count). The van der Waals surface area contributed by atoms with E-state index >= 15 is 0 Å². The summed E-state index contributed by atoms with van der Waals surface area (Å²) in [5.41, 5.74) is 2.14. The van der Waals surface area contributed by atoms with Crippen molar-refractivity contribution in [3.05, 3.63) is 47.6 Å². The summed E-state index contributed by atoms with van der Waals surface area (Å²) in [5.74, 6) is 2.11. The van der Waals surface area contributed by atoms with Crippen molar-refractivity contribution in [1.29, 1.82) is 0 Å². The number of unbranched alkanes of at least 4 members (excludes halogenated alkanes) is 6. The van der Waals surface area contributed by atoms with Gasteiger partial charge in [-0.25, -0.2) is 9.97 Å². The highest BCUT2D eigenvalue weighted by molar-refractivity contribution is 6.32. The van der Waals surface area contributed by atoms with E-state index in [0.717, 1.165) is 30.2 Å². The first kappa shape index (κ1) is 23.1. The standard InChI is InChI=1S/C26H36ClN2O/c1-2-3-4-5-6-7-9-14-22-18-28-26(29-19-22)23-15-16-25(24(27)17-23)30-20-21-12-10-8-11-13-21/h8,15-19,21H,2-7,9-14,20H2,1H3. The number of benzene rings is 1. The molecule has 2 aromatic rings. The molecule has 1 heterocycles. The largest absolute Gasteiger partial charge is 0.492 e. The molecule has 1 aliphatic rings. The molecule has 3 nitrogen and oxygen atoms in total. The van der Waals surface area contributed by atoms with E-state index in [1.165, 1.54) is 76.2 Å². The summed E-state index contributed by atoms with van der Waals surface area (Å²) in [6.07, 6.45) is 21.4. The van der Waals surface area contributed by atoms with Gasteiger partial charge in [0.25, 0.3) is 0 Å². The van der Waals surface area contributed by atoms with E-state index in [0.29, 0.717) is 10.9 Å². The van der Waals surface area contributed by atoms with E-state index in [-0.39, 0.29) is 0 Å². The number of ether oxygens (including phenoxy) is 1. The van der Waals surface area contributed by atoms with Gasteiger partial charge in [-0.05, 0) is 74.6 Å². The Morgan fingerprint density at radius 3 is 2.37 bits per heavy atom. The molecule has 163 valence electrons. The maximum atomic E-state index is 6.47. The molecule has 4 heteroatoms. The summed E-state index contributed by atoms with van der Waals surface area (Å²) < 4.78 is 5.99. The van der Waals surface area contributed by atoms with Crippen LogP contribution in [0, 0.1) is 12.3 Å². The summed E-state index contributed by atoms with van der Waals surface area (Å²) in [5, 5.41) is 0.630. The summed E-state index contributed by atoms with van der Waals surface area (Å²) in [6.45, 7) is 3.01. The molecule has 1 aliphatic carbocycles. The van der Waals surface area contributed by atoms with Gasteiger partial charge >= 0.3 is 0 Å². The summed E-state index contributed by atoms with van der Waals surface area (Å²) in [6, 6.07) is 5.86. The number of aromatic nitrogens is 2. The van der Waals surface area contributed by atoms with Crippen LogP contribution in [0.25, 0.3) is 11.4 Å². The van der Waals surface area contributed by atoms with Gasteiger partial charge in [-0.1, -0.05) is 57.0 Å². The van der Waals surface area contributed by atoms with Crippen LogP contribution in [0.4, 0.5) is 0 Å². The molecule has 0 amide bonds. The Kier molecular flexibility index (Phi) is 9.95. The summed E-state index contributed by atoms with van der Waals surface area (Å²) >= 11 is 6.47. The van der Waals surface area contributed by atoms with Crippen LogP contribution in [0.5, 0.6) is 5.75 Å². The van der Waals surface area contributed by atoms with E-state index in [4.69, 9.17) is 16.3 Å². The molecule has 0 atom stereocenters. The molecule has 0 saturated heterocycles. The molecule has 30 heavy (non-hydrogen) atoms. The highest BCUT2D eigenvalue weighted by Gasteiger charge is 2.15. The second-order valence-corrected chi connectivity index (χ2v) is 8.96. The predicted molar refractivity (Wildman–Crippen MR) is 126 cm³/mol. The number of hydrogen-bond donors (Lipinski definition) is 0. The minimum Gasteiger partial charge on any atom is -0.492 e. The number of aryl methyl sites for hydroxylation is 1. The van der Waals surface area contributed by atoms with Crippen molar-refractivity contribution in [2.45, 2.75) is 84.0 Å². The summed E-state index contributed by atoms with van der Waals surface area (Å²) in [7, 11) is 0. The molecular formula is C26H36ClN2O. The average molecular weight is 428 g/mol. The quantitative estimate of drug-likeness (QED) is 0.323. The van der Waals surface area contributed by atoms with Crippen LogP contribution in [0.15, 0.2) is 30.6 Å². The molecular weight excluding hydrogens is 392 g/mol. The van der Waals surface area contributed by atoms with Gasteiger partial charge in [0.05, 0.1) is 11.6 Å². The Morgan fingerprint density at radius 1 is 0.967 bits per heavy atom. The van der Waals surface area contributed by atoms with Crippen LogP contribution in [-0.4, -0.2) is 16.6 Å². The van der Waals surface area contributed by atoms with Gasteiger partial charge in [0.2, 0.25) is 0 Å². The van der Waals surface area contributed by atoms with Gasteiger partial charge in [0, 0.05) is 18.0 Å². The van der Waals surface area contributed by atoms with E-state index < -0.39 is 0 Å². The Hall–Kier alpha value is -1.61. The van der Waals surface area contributed by atoms with E-state index in [9.17, 15) is 0 Å². The lowest BCUT2D eigenvalue weighted by atomic mass is 9.90. The zero-order valence-corrected chi connectivity index (χ0v) is 19.2. The molecule has 0 bridgehead atoms. The molecule has 0 aliphatic heterocycles. The third-order valence-electron chi connectivity index (χ3n) is 6.00. The minimum atomic E-state index is 0.630. The van der Waals surface area contributed by atoms with Crippen LogP contribution in [0.2, 0.25) is 5.02 Å². The molecule has 1 saturated carbocycles. The highest BCUT2D eigenvalue weighted by Crippen LogP contribution is 2.31. The van der Waals surface area contributed by atoms with E-state index in [1.54, 1.807) is 0 Å². The smallest absolute Gasteiger partial charge is 0.159 e. The predicted octanol–water partition coefficient (Wildman–Crippen LogP) is 7.86. The SMILES string of the molecule is CCCCCCCCCc1cnc(-c2ccc(OCC3CC[CH]CC3)c(Cl)c2)nc1. The van der Waals surface area contributed by atoms with Gasteiger partial charge in [0.15, 0.2) is 5.82 Å². The van der Waals surface area contributed by atoms with Crippen molar-refractivity contribution in [2.75, 3.05) is 6.61 Å². The van der Waals surface area contributed by atoms with Gasteiger partial charge in [-0.3, -0.25) is 0 Å². The third kappa shape index (κ3) is 7.58. The normalized spacial score (nSPS) is 14.7. The molecule has 1 aromatic carbocycles. The van der Waals surface area contributed by atoms with Crippen molar-refractivity contribution >= 4 is 11.6 Å². The Labute approximate surface area is 187 Å². The number of hydrogen-bond acceptors (Lipinski definition) is 3. The van der Waals surface area contributed by atoms with Crippen molar-refractivity contribution in [3.63, 3.8) is 0 Å². The first-order valence-electron chi connectivity index (χ1n) is 11.8. The number of nitrogens with zero attached hydrogens (tertiary/aromatic N) is 2. The van der Waals surface area contributed by atoms with E-state index in [1.807, 2.05) is 30.6 Å². The second-order valence-electron chi connectivity index (χ2n) is 8.55. The minimum absolute atomic E-state index is 0.630. The molecule has 1 radical (unpaired) electrons. The highest BCUT2D eigenvalue weighted by atomic mass is 35.5. The molecule has 1 fully saturated rings. The monoisotopic (exact) mass is 427 g/mol. The van der Waals surface area contributed by atoms with Gasteiger partial charge < -0.3 is 4.74 Å². The molecule has 0 unspecified atom stereocenters. The van der Waals surface area contributed by atoms with Gasteiger partial charge in [-0.2, -0.15) is 0 Å². The van der Waals surface area contributed by atoms with Crippen LogP contribution in [-0.2, 0) is 6.42 Å². The number of halogens is 1. The van der Waals surface area contributed by atoms with Crippen LogP contribution in [0.1, 0.15) is 83.1 Å². The van der Waals surface area contributed by atoms with Crippen molar-refractivity contribution in [1.82, 2.24) is 9.97 Å². The fraction of sp³-hybridized carbons (Fsp3) is 0.577. The Bertz CT molecular complexity index is 741. The Morgan fingerprint density at radius 2 is 1.67 bits per heavy atom. The van der Waals surface area contributed by atoms with Crippen molar-refractivity contribution in [2.24, 2.45) is 5.92 Å². The first-order valence-corrected chi connectivity index (χ1v) is 12.2. The zero-order chi connectivity index (χ0) is 21.0. The lowest BCUT2D eigenvalue weighted by Gasteiger charge is -2.21. The van der Waals surface area contributed by atoms with E-state index in [2.05, 4.69) is 23.3 Å². The molecule has 1 aromatic heterocycles. The molecule has 0 N–H and O–H groups in total. The van der Waals surface area contributed by atoms with Gasteiger partial charge in [0.1, 0.15) is 5.75 Å². The van der Waals surface area contributed by atoms with Crippen molar-refractivity contribution in [3.8, 4) is 17.1 Å². The third-order valence-corrected chi connectivity index (χ3v) is 6.29. The fourth-order valence-electron chi connectivity index (χ4n) is 4.05. The second kappa shape index (κ2) is 12.9. The van der Waals surface area contributed by atoms with Crippen LogP contribution >= 0.6 is 11.6 Å². The Balaban J connectivity index is 1.45. The fourth-order valence-corrected chi connectivity index (χ4v) is 4.28. The topological polar surface area (TPSA) is 35.0 Å². The number of rotatable bonds is 12. The molecule has 0 spiro atoms. The summed E-state index contributed by atoms with van der Waals surface area (Å²) in [4.78, 5) is 9.13. The lowest BCUT2D eigenvalue weighted by Crippen LogP contribution is -2.15. The maximum absolute atomic E-state index is 6.47. The first-order chi connectivity index (χ1) is 14.8.